The minimum Gasteiger partial charge on any atom is -0.310 e. The molecule has 2 aliphatic heterocycles. The Morgan fingerprint density at radius 1 is 0.248 bits per heavy atom. The van der Waals surface area contributed by atoms with E-state index in [1.54, 1.807) is 0 Å². The Labute approximate surface area is 806 Å². The summed E-state index contributed by atoms with van der Waals surface area (Å²) in [6.45, 7) is 42.7. The minimum absolute atomic E-state index is 0.126. The molecule has 22 rings (SSSR count). The van der Waals surface area contributed by atoms with E-state index < -0.39 is 6.71 Å². The van der Waals surface area contributed by atoms with Crippen LogP contribution >= 0.6 is 0 Å². The SMILES string of the molecule is [C-]#[N+]c1ccc(-c2cc(-c3ccccc3)c(N3c4cc(-n5c6ccc(C(C)(C)C)cc6c6cc(C(C)(C)C)ccc65)ccc4B4c5ccc(-n6c7ccc(C(C)(C)C)cc7c7cc(C(C)(C)C)ccc76)cc5N(c5c(-c6ccc(C(C)(C)C)cc6)cc(-c6ccc(C#N)cc6)cc5-c5cccc(-c6ccccc6)c5)c5cc(-c6ccccc6)cc3c54)c(-c3cccc(-c4ccccc4)c3)c2)cc1. The summed E-state index contributed by atoms with van der Waals surface area (Å²) in [6, 6.07) is 149. The molecule has 0 radical (unpaired) electrons. The molecule has 2 aromatic heterocycles. The Balaban J connectivity index is 0.941. The minimum atomic E-state index is -0.420. The lowest BCUT2D eigenvalue weighted by molar-refractivity contribution is 0.590. The van der Waals surface area contributed by atoms with Crippen LogP contribution in [0.2, 0.25) is 0 Å². The van der Waals surface area contributed by atoms with Crippen molar-refractivity contribution in [2.24, 2.45) is 0 Å². The number of hydrogen-bond acceptors (Lipinski definition) is 3. The van der Waals surface area contributed by atoms with E-state index in [2.05, 4.69) is 498 Å². The zero-order chi connectivity index (χ0) is 94.5. The molecule has 2 aliphatic rings. The normalized spacial score (nSPS) is 12.7. The summed E-state index contributed by atoms with van der Waals surface area (Å²) in [5, 5.41) is 15.4. The Bertz CT molecular complexity index is 8170. The molecule has 0 aliphatic carbocycles. The van der Waals surface area contributed by atoms with Gasteiger partial charge in [0.25, 0.3) is 6.71 Å². The summed E-state index contributed by atoms with van der Waals surface area (Å²) in [5.74, 6) is 0. The van der Waals surface area contributed by atoms with Gasteiger partial charge in [-0.25, -0.2) is 4.85 Å². The lowest BCUT2D eigenvalue weighted by atomic mass is 9.33. The van der Waals surface area contributed by atoms with Crippen molar-refractivity contribution < 1.29 is 0 Å². The molecule has 0 N–H and O–H groups in total. The van der Waals surface area contributed by atoms with Gasteiger partial charge < -0.3 is 18.9 Å². The van der Waals surface area contributed by atoms with Crippen LogP contribution in [0.15, 0.2) is 388 Å². The third kappa shape index (κ3) is 15.4. The number of nitriles is 1. The molecule has 0 bridgehead atoms. The summed E-state index contributed by atoms with van der Waals surface area (Å²) >= 11 is 0. The van der Waals surface area contributed by atoms with Crippen LogP contribution in [0.4, 0.5) is 39.8 Å². The van der Waals surface area contributed by atoms with Crippen molar-refractivity contribution in [3.05, 3.63) is 433 Å². The molecular formula is C130H109BN6. The van der Waals surface area contributed by atoms with Gasteiger partial charge in [0.05, 0.1) is 51.6 Å². The molecule has 0 unspecified atom stereocenters. The Kier molecular flexibility index (Phi) is 20.9. The Hall–Kier alpha value is -15.8. The lowest BCUT2D eigenvalue weighted by Gasteiger charge is -2.46. The predicted octanol–water partition coefficient (Wildman–Crippen LogP) is 33.9. The van der Waals surface area contributed by atoms with Crippen molar-refractivity contribution in [1.82, 2.24) is 9.13 Å². The van der Waals surface area contributed by atoms with Crippen LogP contribution in [0, 0.1) is 17.9 Å². The highest BCUT2D eigenvalue weighted by molar-refractivity contribution is 7.00. The van der Waals surface area contributed by atoms with Crippen molar-refractivity contribution in [2.45, 2.75) is 131 Å². The van der Waals surface area contributed by atoms with E-state index in [1.165, 1.54) is 49.4 Å². The van der Waals surface area contributed by atoms with E-state index in [4.69, 9.17) is 6.57 Å². The van der Waals surface area contributed by atoms with Crippen molar-refractivity contribution in [3.63, 3.8) is 0 Å². The number of hydrogen-bond donors (Lipinski definition) is 0. The molecule has 6 nitrogen and oxygen atoms in total. The number of nitrogens with zero attached hydrogens (tertiary/aromatic N) is 6. The first-order chi connectivity index (χ1) is 66.0. The van der Waals surface area contributed by atoms with E-state index >= 15 is 0 Å². The second-order valence-electron chi connectivity index (χ2n) is 42.8. The van der Waals surface area contributed by atoms with E-state index in [9.17, 15) is 5.26 Å². The fourth-order valence-electron chi connectivity index (χ4n) is 21.2. The number of rotatable bonds is 13. The first-order valence-electron chi connectivity index (χ1n) is 48.1. The van der Waals surface area contributed by atoms with E-state index in [-0.39, 0.29) is 27.1 Å². The third-order valence-electron chi connectivity index (χ3n) is 28.7. The summed E-state index contributed by atoms with van der Waals surface area (Å²) in [4.78, 5) is 9.37. The van der Waals surface area contributed by atoms with Gasteiger partial charge in [0.1, 0.15) is 0 Å². The molecule has 662 valence electrons. The van der Waals surface area contributed by atoms with Gasteiger partial charge in [-0.3, -0.25) is 0 Å². The third-order valence-corrected chi connectivity index (χ3v) is 28.7. The van der Waals surface area contributed by atoms with E-state index in [1.807, 2.05) is 24.3 Å². The van der Waals surface area contributed by atoms with Gasteiger partial charge in [-0.2, -0.15) is 5.26 Å². The highest BCUT2D eigenvalue weighted by Gasteiger charge is 2.47. The maximum absolute atomic E-state index is 10.5. The van der Waals surface area contributed by atoms with E-state index in [0.29, 0.717) is 11.3 Å². The average molecular weight is 1770 g/mol. The topological polar surface area (TPSA) is 44.5 Å². The quantitative estimate of drug-likeness (QED) is 0.0854. The van der Waals surface area contributed by atoms with Gasteiger partial charge in [0.15, 0.2) is 5.69 Å². The van der Waals surface area contributed by atoms with Crippen LogP contribution in [0.3, 0.4) is 0 Å². The van der Waals surface area contributed by atoms with Crippen molar-refractivity contribution in [3.8, 4) is 118 Å². The van der Waals surface area contributed by atoms with Gasteiger partial charge in [0, 0.05) is 77.9 Å². The molecule has 0 saturated carbocycles. The van der Waals surface area contributed by atoms with Crippen LogP contribution in [0.25, 0.3) is 160 Å². The van der Waals surface area contributed by atoms with Crippen LogP contribution < -0.4 is 26.2 Å². The van der Waals surface area contributed by atoms with Crippen LogP contribution in [-0.4, -0.2) is 15.8 Å². The smallest absolute Gasteiger partial charge is 0.252 e. The molecule has 4 heterocycles. The fraction of sp³-hybridized carbons (Fsp3) is 0.154. The average Bonchev–Trinajstić information content (AvgIpc) is 0.981. The summed E-state index contributed by atoms with van der Waals surface area (Å²) in [7, 11) is 0. The molecule has 0 spiro atoms. The molecule has 0 amide bonds. The number of benzene rings is 18. The predicted molar refractivity (Wildman–Crippen MR) is 583 cm³/mol. The van der Waals surface area contributed by atoms with Gasteiger partial charge in [0.2, 0.25) is 0 Å². The Morgan fingerprint density at radius 3 is 0.891 bits per heavy atom. The maximum atomic E-state index is 10.5. The maximum Gasteiger partial charge on any atom is 0.252 e. The lowest BCUT2D eigenvalue weighted by Crippen LogP contribution is -2.61. The molecule has 18 aromatic carbocycles. The van der Waals surface area contributed by atoms with Crippen molar-refractivity contribution >= 4 is 107 Å². The molecule has 0 saturated heterocycles. The fourth-order valence-corrected chi connectivity index (χ4v) is 21.2. The zero-order valence-electron chi connectivity index (χ0n) is 80.7. The summed E-state index contributed by atoms with van der Waals surface area (Å²) in [6.07, 6.45) is 0. The Morgan fingerprint density at radius 2 is 0.540 bits per heavy atom. The highest BCUT2D eigenvalue weighted by atomic mass is 15.2. The summed E-state index contributed by atoms with van der Waals surface area (Å²) < 4.78 is 5.11. The molecule has 7 heteroatoms. The standard InChI is InChI=1S/C130H109BN6/c1-126(2,3)97-51-47-89(48-52-97)106-70-94(86-45-43-82(81-132)44-46-86)71-108(93-42-30-40-91(68-93)84-33-23-18-24-34-84)125(106)137-120-80-104(135-117-65-55-100(129(10,11)12)77-111(117)112-78-101(130(13,14)15)56-66-118(112)135)60-62-114(120)131-113-61-59-103(134-115-63-53-98(127(4,5)6)75-109(115)110-76-99(128(7,8)9)54-64-116(110)134)79-119(113)136(121-73-96(74-122(137)123(121)131)85-35-25-19-26-36-85)124-105(88-37-27-20-28-38-88)69-95(87-49-57-102(133-16)58-50-87)72-107(124)92-41-29-39-90(67-92)83-31-21-17-22-32-83/h17-80H,1-15H3. The number of aromatic nitrogens is 2. The largest absolute Gasteiger partial charge is 0.310 e. The molecule has 0 atom stereocenters. The second kappa shape index (κ2) is 33.1. The molecule has 0 fully saturated rings. The van der Waals surface area contributed by atoms with Gasteiger partial charge >= 0.3 is 0 Å². The van der Waals surface area contributed by atoms with Gasteiger partial charge in [-0.1, -0.05) is 359 Å². The molecular weight excluding hydrogens is 1660 g/mol. The van der Waals surface area contributed by atoms with Crippen LogP contribution in [0.5, 0.6) is 0 Å². The van der Waals surface area contributed by atoms with Crippen LogP contribution in [0.1, 0.15) is 137 Å². The number of anilines is 6. The zero-order valence-corrected chi connectivity index (χ0v) is 80.7. The molecule has 20 aromatic rings. The monoisotopic (exact) mass is 1760 g/mol. The highest BCUT2D eigenvalue weighted by Crippen LogP contribution is 2.57. The second-order valence-corrected chi connectivity index (χ2v) is 42.8. The summed E-state index contributed by atoms with van der Waals surface area (Å²) in [5.41, 5.74) is 41.8. The van der Waals surface area contributed by atoms with Gasteiger partial charge in [-0.15, -0.1) is 0 Å². The van der Waals surface area contributed by atoms with Crippen molar-refractivity contribution in [2.75, 3.05) is 9.80 Å². The van der Waals surface area contributed by atoms with Crippen LogP contribution in [-0.2, 0) is 27.1 Å². The van der Waals surface area contributed by atoms with Gasteiger partial charge in [-0.05, 0) is 283 Å². The van der Waals surface area contributed by atoms with Crippen molar-refractivity contribution in [1.29, 1.82) is 5.26 Å². The first-order valence-corrected chi connectivity index (χ1v) is 48.1. The number of fused-ring (bicyclic) bond motifs is 10. The van der Waals surface area contributed by atoms with E-state index in [0.717, 1.165) is 184 Å². The first kappa shape index (κ1) is 86.6. The molecule has 137 heavy (non-hydrogen) atoms.